The van der Waals surface area contributed by atoms with Crippen molar-refractivity contribution in [1.29, 1.82) is 0 Å². The van der Waals surface area contributed by atoms with Crippen LogP contribution in [0.3, 0.4) is 0 Å². The zero-order valence-corrected chi connectivity index (χ0v) is 31.3. The molecule has 0 rings (SSSR count). The number of ether oxygens (including phenoxy) is 1. The Morgan fingerprint density at radius 2 is 1.02 bits per heavy atom. The third-order valence-electron chi connectivity index (χ3n) is 8.77. The van der Waals surface area contributed by atoms with Crippen LogP contribution in [0, 0.1) is 0 Å². The predicted octanol–water partition coefficient (Wildman–Crippen LogP) is 12.1. The maximum atomic E-state index is 12.7. The van der Waals surface area contributed by atoms with Gasteiger partial charge in [-0.05, 0) is 76.7 Å². The van der Waals surface area contributed by atoms with Gasteiger partial charge in [-0.3, -0.25) is 14.4 Å². The molecule has 0 saturated heterocycles. The Morgan fingerprint density at radius 3 is 1.58 bits per heavy atom. The molecule has 6 nitrogen and oxygen atoms in total. The molecule has 2 N–H and O–H groups in total. The molecule has 1 unspecified atom stereocenters. The molecule has 0 saturated carbocycles. The lowest BCUT2D eigenvalue weighted by Crippen LogP contribution is -2.28. The SMILES string of the molecule is CCCCCC/C=C\C/C=C\CCCCCCCCCC(=O)OC(/C=C\CCCCCCCCC)CCCCCCC(=O)NCC(=O)O. The summed E-state index contributed by atoms with van der Waals surface area (Å²) in [5, 5.41) is 11.1. The zero-order valence-electron chi connectivity index (χ0n) is 31.3. The molecular formula is C42H75NO5. The lowest BCUT2D eigenvalue weighted by atomic mass is 10.1. The summed E-state index contributed by atoms with van der Waals surface area (Å²) in [6, 6.07) is 0. The van der Waals surface area contributed by atoms with Crippen LogP contribution < -0.4 is 5.32 Å². The Hall–Kier alpha value is -2.37. The summed E-state index contributed by atoms with van der Waals surface area (Å²) in [5.74, 6) is -1.33. The summed E-state index contributed by atoms with van der Waals surface area (Å²) in [7, 11) is 0. The van der Waals surface area contributed by atoms with Crippen molar-refractivity contribution >= 4 is 17.8 Å². The number of carbonyl (C=O) groups excluding carboxylic acids is 2. The second-order valence-electron chi connectivity index (χ2n) is 13.5. The van der Waals surface area contributed by atoms with E-state index in [1.807, 2.05) is 0 Å². The largest absolute Gasteiger partial charge is 0.480 e. The lowest BCUT2D eigenvalue weighted by molar-refractivity contribution is -0.147. The maximum absolute atomic E-state index is 12.7. The number of amides is 1. The number of carboxylic acids is 1. The number of hydrogen-bond acceptors (Lipinski definition) is 4. The second kappa shape index (κ2) is 37.4. The minimum absolute atomic E-state index is 0.0891. The van der Waals surface area contributed by atoms with E-state index >= 15 is 0 Å². The average Bonchev–Trinajstić information content (AvgIpc) is 3.07. The van der Waals surface area contributed by atoms with Gasteiger partial charge in [-0.25, -0.2) is 0 Å². The van der Waals surface area contributed by atoms with Gasteiger partial charge in [-0.1, -0.05) is 147 Å². The Kier molecular flexibility index (Phi) is 35.6. The summed E-state index contributed by atoms with van der Waals surface area (Å²) < 4.78 is 5.90. The highest BCUT2D eigenvalue weighted by Crippen LogP contribution is 2.15. The predicted molar refractivity (Wildman–Crippen MR) is 203 cm³/mol. The minimum atomic E-state index is -1.03. The molecule has 0 aliphatic heterocycles. The van der Waals surface area contributed by atoms with Crippen LogP contribution in [0.5, 0.6) is 0 Å². The van der Waals surface area contributed by atoms with Crippen LogP contribution in [-0.2, 0) is 19.1 Å². The molecule has 0 spiro atoms. The average molecular weight is 674 g/mol. The van der Waals surface area contributed by atoms with Crippen LogP contribution >= 0.6 is 0 Å². The van der Waals surface area contributed by atoms with Crippen LogP contribution in [0.2, 0.25) is 0 Å². The minimum Gasteiger partial charge on any atom is -0.480 e. The second-order valence-corrected chi connectivity index (χ2v) is 13.5. The van der Waals surface area contributed by atoms with E-state index in [1.165, 1.54) is 116 Å². The van der Waals surface area contributed by atoms with Gasteiger partial charge in [0.1, 0.15) is 12.6 Å². The van der Waals surface area contributed by atoms with Crippen LogP contribution in [0.15, 0.2) is 36.5 Å². The van der Waals surface area contributed by atoms with Crippen LogP contribution in [-0.4, -0.2) is 35.6 Å². The fraction of sp³-hybridized carbons (Fsp3) is 0.786. The molecule has 6 heteroatoms. The highest BCUT2D eigenvalue weighted by molar-refractivity contribution is 5.80. The smallest absolute Gasteiger partial charge is 0.322 e. The molecular weight excluding hydrogens is 598 g/mol. The van der Waals surface area contributed by atoms with Gasteiger partial charge in [0, 0.05) is 12.8 Å². The first-order valence-corrected chi connectivity index (χ1v) is 20.1. The normalized spacial score (nSPS) is 12.4. The number of unbranched alkanes of at least 4 members (excludes halogenated alkanes) is 21. The van der Waals surface area contributed by atoms with Crippen molar-refractivity contribution < 1.29 is 24.2 Å². The quantitative estimate of drug-likeness (QED) is 0.0392. The van der Waals surface area contributed by atoms with Crippen molar-refractivity contribution in [2.45, 2.75) is 206 Å². The molecule has 1 amide bonds. The van der Waals surface area contributed by atoms with Gasteiger partial charge in [0.15, 0.2) is 0 Å². The number of nitrogens with one attached hydrogen (secondary N) is 1. The molecule has 0 aromatic carbocycles. The van der Waals surface area contributed by atoms with Crippen LogP contribution in [0.4, 0.5) is 0 Å². The molecule has 278 valence electrons. The van der Waals surface area contributed by atoms with E-state index in [0.717, 1.165) is 57.8 Å². The highest BCUT2D eigenvalue weighted by atomic mass is 16.5. The molecule has 0 bridgehead atoms. The number of aliphatic carboxylic acids is 1. The molecule has 0 aliphatic carbocycles. The molecule has 0 heterocycles. The fourth-order valence-corrected chi connectivity index (χ4v) is 5.75. The summed E-state index contributed by atoms with van der Waals surface area (Å²) in [5.41, 5.74) is 0. The van der Waals surface area contributed by atoms with Crippen LogP contribution in [0.1, 0.15) is 200 Å². The first-order valence-electron chi connectivity index (χ1n) is 20.1. The van der Waals surface area contributed by atoms with Gasteiger partial charge < -0.3 is 15.2 Å². The first kappa shape index (κ1) is 45.6. The fourth-order valence-electron chi connectivity index (χ4n) is 5.75. The van der Waals surface area contributed by atoms with Crippen molar-refractivity contribution in [2.75, 3.05) is 6.54 Å². The van der Waals surface area contributed by atoms with E-state index in [1.54, 1.807) is 0 Å². The number of carbonyl (C=O) groups is 3. The van der Waals surface area contributed by atoms with E-state index in [0.29, 0.717) is 12.8 Å². The molecule has 0 radical (unpaired) electrons. The van der Waals surface area contributed by atoms with Gasteiger partial charge in [0.05, 0.1) is 0 Å². The Labute approximate surface area is 296 Å². The van der Waals surface area contributed by atoms with Gasteiger partial charge in [0.2, 0.25) is 5.91 Å². The Balaban J connectivity index is 4.13. The van der Waals surface area contributed by atoms with Gasteiger partial charge in [-0.2, -0.15) is 0 Å². The highest BCUT2D eigenvalue weighted by Gasteiger charge is 2.12. The van der Waals surface area contributed by atoms with E-state index in [-0.39, 0.29) is 24.5 Å². The van der Waals surface area contributed by atoms with Gasteiger partial charge in [-0.15, -0.1) is 0 Å². The third-order valence-corrected chi connectivity index (χ3v) is 8.77. The van der Waals surface area contributed by atoms with Crippen molar-refractivity contribution in [2.24, 2.45) is 0 Å². The van der Waals surface area contributed by atoms with Crippen molar-refractivity contribution in [3.63, 3.8) is 0 Å². The van der Waals surface area contributed by atoms with E-state index in [2.05, 4.69) is 55.6 Å². The van der Waals surface area contributed by atoms with E-state index < -0.39 is 5.97 Å². The number of carboxylic acid groups (broad SMARTS) is 1. The van der Waals surface area contributed by atoms with Gasteiger partial charge >= 0.3 is 11.9 Å². The number of rotatable bonds is 36. The lowest BCUT2D eigenvalue weighted by Gasteiger charge is -2.15. The topological polar surface area (TPSA) is 92.7 Å². The summed E-state index contributed by atoms with van der Waals surface area (Å²) in [6.07, 6.45) is 45.6. The monoisotopic (exact) mass is 674 g/mol. The van der Waals surface area contributed by atoms with Crippen molar-refractivity contribution in [3.05, 3.63) is 36.5 Å². The molecule has 0 aromatic rings. The maximum Gasteiger partial charge on any atom is 0.322 e. The van der Waals surface area contributed by atoms with Crippen molar-refractivity contribution in [3.8, 4) is 0 Å². The summed E-state index contributed by atoms with van der Waals surface area (Å²) >= 11 is 0. The zero-order chi connectivity index (χ0) is 35.2. The molecule has 0 aromatic heterocycles. The standard InChI is InChI=1S/C42H75NO5/c1-3-5-7-9-11-13-14-15-16-17-18-19-20-21-23-25-27-33-37-42(47)48-39(34-30-26-24-22-12-10-8-6-4-2)35-31-28-29-32-36-40(44)43-38-41(45)46/h13-14,16-17,30,34,39H,3-12,15,18-29,31-33,35-38H2,1-2H3,(H,43,44)(H,45,46)/b14-13-,17-16-,34-30-. The van der Waals surface area contributed by atoms with Crippen LogP contribution in [0.25, 0.3) is 0 Å². The first-order chi connectivity index (χ1) is 23.5. The molecule has 1 atom stereocenters. The van der Waals surface area contributed by atoms with E-state index in [9.17, 15) is 14.4 Å². The molecule has 0 fully saturated rings. The van der Waals surface area contributed by atoms with Crippen molar-refractivity contribution in [1.82, 2.24) is 5.32 Å². The van der Waals surface area contributed by atoms with E-state index in [4.69, 9.17) is 9.84 Å². The Bertz CT molecular complexity index is 834. The summed E-state index contributed by atoms with van der Waals surface area (Å²) in [6.45, 7) is 4.18. The molecule has 48 heavy (non-hydrogen) atoms. The summed E-state index contributed by atoms with van der Waals surface area (Å²) in [4.78, 5) is 34.9. The number of hydrogen-bond donors (Lipinski definition) is 2. The Morgan fingerprint density at radius 1 is 0.562 bits per heavy atom. The number of allylic oxidation sites excluding steroid dienone is 5. The third kappa shape index (κ3) is 36.5. The molecule has 0 aliphatic rings. The van der Waals surface area contributed by atoms with Gasteiger partial charge in [0.25, 0.3) is 0 Å². The number of esters is 1.